The summed E-state index contributed by atoms with van der Waals surface area (Å²) in [5.74, 6) is 0.665. The van der Waals surface area contributed by atoms with Gasteiger partial charge in [-0.1, -0.05) is 24.4 Å². The maximum Gasteiger partial charge on any atom is 0.274 e. The molecule has 1 amide bonds. The van der Waals surface area contributed by atoms with Gasteiger partial charge in [0.15, 0.2) is 0 Å². The number of nitrogens with zero attached hydrogens (tertiary/aromatic N) is 2. The summed E-state index contributed by atoms with van der Waals surface area (Å²) >= 11 is 6.10. The summed E-state index contributed by atoms with van der Waals surface area (Å²) < 4.78 is 5.29. The molecule has 2 N–H and O–H groups in total. The predicted octanol–water partition coefficient (Wildman–Crippen LogP) is 4.05. The van der Waals surface area contributed by atoms with Crippen LogP contribution in [0.2, 0.25) is 5.02 Å². The summed E-state index contributed by atoms with van der Waals surface area (Å²) in [7, 11) is 1.53. The van der Waals surface area contributed by atoms with E-state index in [-0.39, 0.29) is 5.91 Å². The van der Waals surface area contributed by atoms with Crippen molar-refractivity contribution in [2.45, 2.75) is 38.6 Å². The van der Waals surface area contributed by atoms with Crippen LogP contribution >= 0.6 is 11.6 Å². The first-order valence-corrected chi connectivity index (χ1v) is 8.69. The van der Waals surface area contributed by atoms with Crippen LogP contribution in [0.15, 0.2) is 24.4 Å². The molecule has 1 aromatic heterocycles. The second-order valence-corrected chi connectivity index (χ2v) is 6.55. The average molecular weight is 361 g/mol. The maximum absolute atomic E-state index is 12.6. The minimum absolute atomic E-state index is 0.296. The molecule has 0 saturated heterocycles. The number of aromatic nitrogens is 2. The first-order chi connectivity index (χ1) is 12.1. The Morgan fingerprint density at radius 3 is 2.80 bits per heavy atom. The molecular formula is C18H21ClN4O2. The standard InChI is InChI=1S/C18H21ClN4O2/c1-11-9-15(16(25-2)10-13(11)19)22-17(24)14-7-8-20-18(23-14)21-12-5-3-4-6-12/h7-10,12H,3-6H2,1-2H3,(H,22,24)(H,20,21,23). The molecule has 0 bridgehead atoms. The molecule has 2 aromatic rings. The SMILES string of the molecule is COc1cc(Cl)c(C)cc1NC(=O)c1ccnc(NC2CCCC2)n1. The Morgan fingerprint density at radius 2 is 2.08 bits per heavy atom. The number of aryl methyl sites for hydroxylation is 1. The van der Waals surface area contributed by atoms with E-state index in [1.54, 1.807) is 24.4 Å². The van der Waals surface area contributed by atoms with Crippen molar-refractivity contribution in [1.82, 2.24) is 9.97 Å². The molecule has 1 aliphatic rings. The van der Waals surface area contributed by atoms with Gasteiger partial charge in [-0.15, -0.1) is 0 Å². The van der Waals surface area contributed by atoms with Gasteiger partial charge in [0, 0.05) is 23.3 Å². The fourth-order valence-electron chi connectivity index (χ4n) is 2.92. The van der Waals surface area contributed by atoms with Crippen molar-refractivity contribution in [1.29, 1.82) is 0 Å². The summed E-state index contributed by atoms with van der Waals surface area (Å²) in [5.41, 5.74) is 1.70. The van der Waals surface area contributed by atoms with E-state index in [4.69, 9.17) is 16.3 Å². The van der Waals surface area contributed by atoms with Crippen molar-refractivity contribution in [3.63, 3.8) is 0 Å². The van der Waals surface area contributed by atoms with Crippen LogP contribution in [-0.2, 0) is 0 Å². The van der Waals surface area contributed by atoms with Crippen LogP contribution in [-0.4, -0.2) is 29.0 Å². The van der Waals surface area contributed by atoms with Gasteiger partial charge in [0.1, 0.15) is 11.4 Å². The third-order valence-corrected chi connectivity index (χ3v) is 4.71. The zero-order valence-corrected chi connectivity index (χ0v) is 15.1. The molecule has 0 spiro atoms. The number of ether oxygens (including phenoxy) is 1. The number of halogens is 1. The highest BCUT2D eigenvalue weighted by Gasteiger charge is 2.17. The van der Waals surface area contributed by atoms with E-state index in [1.165, 1.54) is 20.0 Å². The third kappa shape index (κ3) is 4.20. The molecule has 7 heteroatoms. The lowest BCUT2D eigenvalue weighted by molar-refractivity contribution is 0.102. The van der Waals surface area contributed by atoms with Gasteiger partial charge in [-0.2, -0.15) is 0 Å². The number of amides is 1. The molecule has 1 aliphatic carbocycles. The number of carbonyl (C=O) groups is 1. The lowest BCUT2D eigenvalue weighted by Gasteiger charge is -2.13. The fourth-order valence-corrected chi connectivity index (χ4v) is 3.08. The molecule has 6 nitrogen and oxygen atoms in total. The Labute approximate surface area is 152 Å². The van der Waals surface area contributed by atoms with E-state index in [0.717, 1.165) is 18.4 Å². The third-order valence-electron chi connectivity index (χ3n) is 4.31. The number of methoxy groups -OCH3 is 1. The summed E-state index contributed by atoms with van der Waals surface area (Å²) in [6, 6.07) is 5.43. The van der Waals surface area contributed by atoms with Gasteiger partial charge in [0.25, 0.3) is 5.91 Å². The number of rotatable bonds is 5. The highest BCUT2D eigenvalue weighted by molar-refractivity contribution is 6.31. The summed E-state index contributed by atoms with van der Waals surface area (Å²) in [6.07, 6.45) is 6.24. The number of nitrogens with one attached hydrogen (secondary N) is 2. The Balaban J connectivity index is 1.76. The van der Waals surface area contributed by atoms with E-state index in [1.807, 2.05) is 6.92 Å². The second-order valence-electron chi connectivity index (χ2n) is 6.15. The molecular weight excluding hydrogens is 340 g/mol. The number of hydrogen-bond donors (Lipinski definition) is 2. The maximum atomic E-state index is 12.6. The van der Waals surface area contributed by atoms with E-state index in [9.17, 15) is 4.79 Å². The quantitative estimate of drug-likeness (QED) is 0.841. The van der Waals surface area contributed by atoms with Gasteiger partial charge in [-0.05, 0) is 37.5 Å². The molecule has 25 heavy (non-hydrogen) atoms. The molecule has 132 valence electrons. The molecule has 1 saturated carbocycles. The summed E-state index contributed by atoms with van der Waals surface area (Å²) in [4.78, 5) is 21.1. The molecule has 1 fully saturated rings. The predicted molar refractivity (Wildman–Crippen MR) is 98.6 cm³/mol. The van der Waals surface area contributed by atoms with Crippen molar-refractivity contribution in [3.05, 3.63) is 40.7 Å². The lowest BCUT2D eigenvalue weighted by atomic mass is 10.2. The Morgan fingerprint density at radius 1 is 1.32 bits per heavy atom. The normalized spacial score (nSPS) is 14.4. The average Bonchev–Trinajstić information content (AvgIpc) is 3.11. The smallest absolute Gasteiger partial charge is 0.274 e. The van der Waals surface area contributed by atoms with Crippen LogP contribution in [0.5, 0.6) is 5.75 Å². The minimum Gasteiger partial charge on any atom is -0.495 e. The molecule has 0 radical (unpaired) electrons. The van der Waals surface area contributed by atoms with Gasteiger partial charge in [0.05, 0.1) is 12.8 Å². The van der Waals surface area contributed by atoms with Crippen molar-refractivity contribution >= 4 is 29.1 Å². The van der Waals surface area contributed by atoms with E-state index in [2.05, 4.69) is 20.6 Å². The highest BCUT2D eigenvalue weighted by Crippen LogP contribution is 2.31. The van der Waals surface area contributed by atoms with Crippen LogP contribution < -0.4 is 15.4 Å². The van der Waals surface area contributed by atoms with Gasteiger partial charge < -0.3 is 15.4 Å². The number of benzene rings is 1. The number of hydrogen-bond acceptors (Lipinski definition) is 5. The summed E-state index contributed by atoms with van der Waals surface area (Å²) in [6.45, 7) is 1.87. The van der Waals surface area contributed by atoms with Crippen LogP contribution in [0.3, 0.4) is 0 Å². The van der Waals surface area contributed by atoms with E-state index < -0.39 is 0 Å². The molecule has 1 heterocycles. The first-order valence-electron chi connectivity index (χ1n) is 8.32. The number of carbonyl (C=O) groups excluding carboxylic acids is 1. The Kier molecular flexibility index (Phi) is 5.38. The van der Waals surface area contributed by atoms with Gasteiger partial charge in [-0.25, -0.2) is 9.97 Å². The zero-order valence-electron chi connectivity index (χ0n) is 14.3. The molecule has 0 aliphatic heterocycles. The van der Waals surface area contributed by atoms with Gasteiger partial charge in [-0.3, -0.25) is 4.79 Å². The van der Waals surface area contributed by atoms with Crippen molar-refractivity contribution in [3.8, 4) is 5.75 Å². The van der Waals surface area contributed by atoms with Crippen molar-refractivity contribution in [2.75, 3.05) is 17.7 Å². The molecule has 1 aromatic carbocycles. The first kappa shape index (κ1) is 17.5. The fraction of sp³-hybridized carbons (Fsp3) is 0.389. The van der Waals surface area contributed by atoms with Crippen LogP contribution in [0.25, 0.3) is 0 Å². The van der Waals surface area contributed by atoms with E-state index >= 15 is 0 Å². The Bertz CT molecular complexity index is 776. The van der Waals surface area contributed by atoms with Crippen LogP contribution in [0.4, 0.5) is 11.6 Å². The van der Waals surface area contributed by atoms with Crippen LogP contribution in [0.1, 0.15) is 41.7 Å². The minimum atomic E-state index is -0.322. The van der Waals surface area contributed by atoms with Gasteiger partial charge in [0.2, 0.25) is 5.95 Å². The van der Waals surface area contributed by atoms with Crippen LogP contribution in [0, 0.1) is 6.92 Å². The summed E-state index contributed by atoms with van der Waals surface area (Å²) in [5, 5.41) is 6.70. The molecule has 0 atom stereocenters. The zero-order chi connectivity index (χ0) is 17.8. The monoisotopic (exact) mass is 360 g/mol. The lowest BCUT2D eigenvalue weighted by Crippen LogP contribution is -2.19. The molecule has 3 rings (SSSR count). The second kappa shape index (κ2) is 7.70. The molecule has 0 unspecified atom stereocenters. The Hall–Kier alpha value is -2.34. The van der Waals surface area contributed by atoms with Crippen molar-refractivity contribution in [2.24, 2.45) is 0 Å². The van der Waals surface area contributed by atoms with Crippen molar-refractivity contribution < 1.29 is 9.53 Å². The largest absolute Gasteiger partial charge is 0.495 e. The highest BCUT2D eigenvalue weighted by atomic mass is 35.5. The topological polar surface area (TPSA) is 76.1 Å². The van der Waals surface area contributed by atoms with E-state index in [0.29, 0.717) is 34.1 Å². The number of anilines is 2. The van der Waals surface area contributed by atoms with Gasteiger partial charge >= 0.3 is 0 Å².